The van der Waals surface area contributed by atoms with Crippen LogP contribution < -0.4 is 10.5 Å². The summed E-state index contributed by atoms with van der Waals surface area (Å²) in [5, 5.41) is 9.09. The van der Waals surface area contributed by atoms with Gasteiger partial charge in [-0.1, -0.05) is 12.1 Å². The van der Waals surface area contributed by atoms with Gasteiger partial charge >= 0.3 is 0 Å². The van der Waals surface area contributed by atoms with E-state index in [0.29, 0.717) is 18.0 Å². The minimum absolute atomic E-state index is 0.174. The standard InChI is InChI=1S/C14H18N2O/c1-10-4-2-6-12(9-16)14(10)17-13-7-3-5-11(13)8-15/h2,4,6,11,13H,3,5,7-8,15H2,1H3. The van der Waals surface area contributed by atoms with E-state index in [-0.39, 0.29) is 6.10 Å². The van der Waals surface area contributed by atoms with Gasteiger partial charge in [0.25, 0.3) is 0 Å². The molecular formula is C14H18N2O. The van der Waals surface area contributed by atoms with E-state index in [1.807, 2.05) is 19.1 Å². The molecule has 0 saturated heterocycles. The topological polar surface area (TPSA) is 59.0 Å². The third-order valence-electron chi connectivity index (χ3n) is 3.49. The molecule has 2 N–H and O–H groups in total. The average molecular weight is 230 g/mol. The molecule has 0 bridgehead atoms. The summed E-state index contributed by atoms with van der Waals surface area (Å²) in [4.78, 5) is 0. The van der Waals surface area contributed by atoms with Crippen LogP contribution >= 0.6 is 0 Å². The second-order valence-corrected chi connectivity index (χ2v) is 4.65. The molecule has 2 unspecified atom stereocenters. The minimum Gasteiger partial charge on any atom is -0.488 e. The van der Waals surface area contributed by atoms with E-state index in [1.54, 1.807) is 6.07 Å². The Morgan fingerprint density at radius 1 is 1.47 bits per heavy atom. The first kappa shape index (κ1) is 11.9. The maximum atomic E-state index is 9.09. The van der Waals surface area contributed by atoms with Gasteiger partial charge in [0.1, 0.15) is 17.9 Å². The summed E-state index contributed by atoms with van der Waals surface area (Å²) in [6, 6.07) is 7.85. The van der Waals surface area contributed by atoms with Crippen molar-refractivity contribution in [1.82, 2.24) is 0 Å². The molecule has 1 aromatic rings. The van der Waals surface area contributed by atoms with E-state index in [0.717, 1.165) is 24.2 Å². The molecule has 1 aliphatic rings. The highest BCUT2D eigenvalue weighted by atomic mass is 16.5. The average Bonchev–Trinajstić information content (AvgIpc) is 2.79. The lowest BCUT2D eigenvalue weighted by Gasteiger charge is -2.21. The zero-order chi connectivity index (χ0) is 12.3. The van der Waals surface area contributed by atoms with Gasteiger partial charge in [-0.05, 0) is 44.4 Å². The number of ether oxygens (including phenoxy) is 1. The number of rotatable bonds is 3. The normalized spacial score (nSPS) is 23.4. The molecular weight excluding hydrogens is 212 g/mol. The van der Waals surface area contributed by atoms with Crippen molar-refractivity contribution < 1.29 is 4.74 Å². The van der Waals surface area contributed by atoms with Gasteiger partial charge in [-0.2, -0.15) is 5.26 Å². The summed E-state index contributed by atoms with van der Waals surface area (Å²) in [5.74, 6) is 1.17. The van der Waals surface area contributed by atoms with E-state index in [9.17, 15) is 0 Å². The van der Waals surface area contributed by atoms with E-state index in [1.165, 1.54) is 6.42 Å². The Morgan fingerprint density at radius 2 is 2.29 bits per heavy atom. The van der Waals surface area contributed by atoms with Crippen LogP contribution in [0.1, 0.15) is 30.4 Å². The van der Waals surface area contributed by atoms with Crippen molar-refractivity contribution in [2.24, 2.45) is 11.7 Å². The van der Waals surface area contributed by atoms with Gasteiger partial charge < -0.3 is 10.5 Å². The molecule has 1 saturated carbocycles. The van der Waals surface area contributed by atoms with Gasteiger partial charge in [-0.25, -0.2) is 0 Å². The Morgan fingerprint density at radius 3 is 3.00 bits per heavy atom. The molecule has 17 heavy (non-hydrogen) atoms. The highest BCUT2D eigenvalue weighted by Crippen LogP contribution is 2.32. The summed E-state index contributed by atoms with van der Waals surface area (Å²) < 4.78 is 6.03. The van der Waals surface area contributed by atoms with Gasteiger partial charge in [0, 0.05) is 5.92 Å². The second kappa shape index (κ2) is 5.20. The SMILES string of the molecule is Cc1cccc(C#N)c1OC1CCCC1CN. The van der Waals surface area contributed by atoms with Crippen LogP contribution in [-0.4, -0.2) is 12.6 Å². The van der Waals surface area contributed by atoms with Crippen molar-refractivity contribution in [3.63, 3.8) is 0 Å². The van der Waals surface area contributed by atoms with Crippen molar-refractivity contribution >= 4 is 0 Å². The molecule has 0 aliphatic heterocycles. The summed E-state index contributed by atoms with van der Waals surface area (Å²) in [5.41, 5.74) is 7.38. The van der Waals surface area contributed by atoms with Crippen LogP contribution in [0.3, 0.4) is 0 Å². The zero-order valence-corrected chi connectivity index (χ0v) is 10.1. The molecule has 0 amide bonds. The molecule has 3 heteroatoms. The Balaban J connectivity index is 2.21. The number of benzene rings is 1. The number of hydrogen-bond acceptors (Lipinski definition) is 3. The molecule has 0 aromatic heterocycles. The maximum absolute atomic E-state index is 9.09. The Labute approximate surface area is 102 Å². The lowest BCUT2D eigenvalue weighted by Crippen LogP contribution is -2.28. The van der Waals surface area contributed by atoms with Crippen LogP contribution in [0.5, 0.6) is 5.75 Å². The molecule has 0 heterocycles. The molecule has 2 rings (SSSR count). The van der Waals surface area contributed by atoms with Gasteiger partial charge in [0.05, 0.1) is 5.56 Å². The number of hydrogen-bond donors (Lipinski definition) is 1. The van der Waals surface area contributed by atoms with Crippen LogP contribution in [0.15, 0.2) is 18.2 Å². The lowest BCUT2D eigenvalue weighted by molar-refractivity contribution is 0.161. The Kier molecular flexibility index (Phi) is 3.65. The van der Waals surface area contributed by atoms with E-state index >= 15 is 0 Å². The Bertz CT molecular complexity index is 436. The smallest absolute Gasteiger partial charge is 0.140 e. The largest absolute Gasteiger partial charge is 0.488 e. The van der Waals surface area contributed by atoms with Crippen molar-refractivity contribution in [1.29, 1.82) is 5.26 Å². The van der Waals surface area contributed by atoms with E-state index in [4.69, 9.17) is 15.7 Å². The van der Waals surface area contributed by atoms with Crippen LogP contribution in [0.2, 0.25) is 0 Å². The fraction of sp³-hybridized carbons (Fsp3) is 0.500. The van der Waals surface area contributed by atoms with Crippen LogP contribution in [0, 0.1) is 24.2 Å². The predicted molar refractivity (Wildman–Crippen MR) is 66.7 cm³/mol. The number of para-hydroxylation sites is 1. The van der Waals surface area contributed by atoms with Gasteiger partial charge in [0.2, 0.25) is 0 Å². The molecule has 3 nitrogen and oxygen atoms in total. The minimum atomic E-state index is 0.174. The maximum Gasteiger partial charge on any atom is 0.140 e. The molecule has 0 spiro atoms. The van der Waals surface area contributed by atoms with Crippen molar-refractivity contribution in [2.45, 2.75) is 32.3 Å². The van der Waals surface area contributed by atoms with E-state index in [2.05, 4.69) is 6.07 Å². The molecule has 1 aliphatic carbocycles. The molecule has 0 radical (unpaired) electrons. The summed E-state index contributed by atoms with van der Waals surface area (Å²) in [6.45, 7) is 2.64. The molecule has 1 fully saturated rings. The summed E-state index contributed by atoms with van der Waals surface area (Å²) >= 11 is 0. The van der Waals surface area contributed by atoms with Crippen molar-refractivity contribution in [2.75, 3.05) is 6.54 Å². The zero-order valence-electron chi connectivity index (χ0n) is 10.1. The number of aryl methyl sites for hydroxylation is 1. The number of nitrogens with zero attached hydrogens (tertiary/aromatic N) is 1. The highest BCUT2D eigenvalue weighted by Gasteiger charge is 2.28. The van der Waals surface area contributed by atoms with Crippen LogP contribution in [0.25, 0.3) is 0 Å². The van der Waals surface area contributed by atoms with E-state index < -0.39 is 0 Å². The van der Waals surface area contributed by atoms with Gasteiger partial charge in [0.15, 0.2) is 0 Å². The molecule has 1 aromatic carbocycles. The first-order chi connectivity index (χ1) is 8.26. The second-order valence-electron chi connectivity index (χ2n) is 4.65. The molecule has 2 atom stereocenters. The van der Waals surface area contributed by atoms with Crippen LogP contribution in [-0.2, 0) is 0 Å². The third-order valence-corrected chi connectivity index (χ3v) is 3.49. The van der Waals surface area contributed by atoms with Crippen molar-refractivity contribution in [3.05, 3.63) is 29.3 Å². The predicted octanol–water partition coefficient (Wildman–Crippen LogP) is 2.37. The van der Waals surface area contributed by atoms with Crippen LogP contribution in [0.4, 0.5) is 0 Å². The van der Waals surface area contributed by atoms with Gasteiger partial charge in [-0.15, -0.1) is 0 Å². The lowest BCUT2D eigenvalue weighted by atomic mass is 10.1. The van der Waals surface area contributed by atoms with Gasteiger partial charge in [-0.3, -0.25) is 0 Å². The highest BCUT2D eigenvalue weighted by molar-refractivity contribution is 5.48. The number of nitrogens with two attached hydrogens (primary N) is 1. The number of nitriles is 1. The first-order valence-corrected chi connectivity index (χ1v) is 6.12. The molecule has 90 valence electrons. The quantitative estimate of drug-likeness (QED) is 0.867. The summed E-state index contributed by atoms with van der Waals surface area (Å²) in [7, 11) is 0. The monoisotopic (exact) mass is 230 g/mol. The fourth-order valence-corrected chi connectivity index (χ4v) is 2.48. The Hall–Kier alpha value is -1.53. The first-order valence-electron chi connectivity index (χ1n) is 6.12. The summed E-state index contributed by atoms with van der Waals surface area (Å²) in [6.07, 6.45) is 3.52. The fourth-order valence-electron chi connectivity index (χ4n) is 2.48. The van der Waals surface area contributed by atoms with Crippen molar-refractivity contribution in [3.8, 4) is 11.8 Å². The third kappa shape index (κ3) is 2.42.